The van der Waals surface area contributed by atoms with Gasteiger partial charge in [0.15, 0.2) is 4.34 Å². The van der Waals surface area contributed by atoms with Crippen molar-refractivity contribution < 1.29 is 14.3 Å². The third-order valence-corrected chi connectivity index (χ3v) is 5.07. The maximum atomic E-state index is 12.2. The molecule has 0 spiro atoms. The van der Waals surface area contributed by atoms with Crippen LogP contribution in [-0.4, -0.2) is 34.4 Å². The van der Waals surface area contributed by atoms with Gasteiger partial charge in [-0.2, -0.15) is 0 Å². The Morgan fingerprint density at radius 2 is 1.92 bits per heavy atom. The number of nitrogens with zero attached hydrogens (tertiary/aromatic N) is 2. The molecule has 0 aliphatic carbocycles. The van der Waals surface area contributed by atoms with E-state index in [0.29, 0.717) is 27.5 Å². The van der Waals surface area contributed by atoms with E-state index in [4.69, 9.17) is 4.74 Å². The number of anilines is 2. The highest BCUT2D eigenvalue weighted by atomic mass is 32.2. The van der Waals surface area contributed by atoms with E-state index in [1.165, 1.54) is 23.1 Å². The molecule has 0 fully saturated rings. The van der Waals surface area contributed by atoms with Gasteiger partial charge >= 0.3 is 0 Å². The third kappa shape index (κ3) is 5.99. The second-order valence-electron chi connectivity index (χ2n) is 6.34. The first-order chi connectivity index (χ1) is 12.3. The molecule has 0 aliphatic rings. The van der Waals surface area contributed by atoms with E-state index < -0.39 is 5.41 Å². The van der Waals surface area contributed by atoms with Gasteiger partial charge in [-0.15, -0.1) is 10.2 Å². The SMILES string of the molecule is CCOc1ccccc1NC(=O)CSc1nnc(NC(=O)C(C)(C)C)s1. The molecule has 0 saturated heterocycles. The largest absolute Gasteiger partial charge is 0.492 e. The predicted octanol–water partition coefficient (Wildman–Crippen LogP) is 3.65. The highest BCUT2D eigenvalue weighted by Crippen LogP contribution is 2.28. The minimum Gasteiger partial charge on any atom is -0.492 e. The number of carbonyl (C=O) groups excluding carboxylic acids is 2. The van der Waals surface area contributed by atoms with Crippen molar-refractivity contribution in [3.05, 3.63) is 24.3 Å². The van der Waals surface area contributed by atoms with Crippen LogP contribution in [0.3, 0.4) is 0 Å². The zero-order valence-electron chi connectivity index (χ0n) is 15.2. The Morgan fingerprint density at radius 1 is 1.19 bits per heavy atom. The fourth-order valence-corrected chi connectivity index (χ4v) is 3.32. The van der Waals surface area contributed by atoms with E-state index in [-0.39, 0.29) is 17.6 Å². The average Bonchev–Trinajstić information content (AvgIpc) is 3.02. The van der Waals surface area contributed by atoms with Crippen molar-refractivity contribution in [3.8, 4) is 5.75 Å². The molecule has 0 saturated carbocycles. The molecular formula is C17H22N4O3S2. The molecule has 0 radical (unpaired) electrons. The summed E-state index contributed by atoms with van der Waals surface area (Å²) in [4.78, 5) is 24.1. The number of carbonyl (C=O) groups is 2. The molecule has 9 heteroatoms. The maximum Gasteiger partial charge on any atom is 0.234 e. The van der Waals surface area contributed by atoms with Gasteiger partial charge in [0.25, 0.3) is 0 Å². The lowest BCUT2D eigenvalue weighted by atomic mass is 9.96. The Hall–Kier alpha value is -2.13. The minimum atomic E-state index is -0.507. The summed E-state index contributed by atoms with van der Waals surface area (Å²) in [6.07, 6.45) is 0. The molecule has 1 heterocycles. The number of nitrogens with one attached hydrogen (secondary N) is 2. The van der Waals surface area contributed by atoms with E-state index in [0.717, 1.165) is 0 Å². The normalized spacial score (nSPS) is 11.1. The summed E-state index contributed by atoms with van der Waals surface area (Å²) < 4.78 is 6.10. The first kappa shape index (κ1) is 20.2. The zero-order valence-corrected chi connectivity index (χ0v) is 16.8. The highest BCUT2D eigenvalue weighted by molar-refractivity contribution is 8.01. The maximum absolute atomic E-state index is 12.2. The number of rotatable bonds is 7. The number of thioether (sulfide) groups is 1. The number of para-hydroxylation sites is 2. The molecule has 1 aromatic heterocycles. The number of amides is 2. The van der Waals surface area contributed by atoms with E-state index in [1.54, 1.807) is 12.1 Å². The molecule has 2 N–H and O–H groups in total. The van der Waals surface area contributed by atoms with Crippen LogP contribution >= 0.6 is 23.1 Å². The van der Waals surface area contributed by atoms with Gasteiger partial charge in [-0.05, 0) is 19.1 Å². The van der Waals surface area contributed by atoms with E-state index >= 15 is 0 Å². The molecule has 2 amide bonds. The van der Waals surface area contributed by atoms with Crippen molar-refractivity contribution in [2.75, 3.05) is 23.0 Å². The van der Waals surface area contributed by atoms with Crippen molar-refractivity contribution in [1.29, 1.82) is 0 Å². The van der Waals surface area contributed by atoms with Crippen LogP contribution < -0.4 is 15.4 Å². The van der Waals surface area contributed by atoms with Crippen LogP contribution in [0.4, 0.5) is 10.8 Å². The minimum absolute atomic E-state index is 0.129. The third-order valence-electron chi connectivity index (χ3n) is 3.10. The summed E-state index contributed by atoms with van der Waals surface area (Å²) in [5, 5.41) is 13.9. The van der Waals surface area contributed by atoms with Crippen molar-refractivity contribution in [1.82, 2.24) is 10.2 Å². The van der Waals surface area contributed by atoms with Crippen LogP contribution in [0, 0.1) is 5.41 Å². The molecule has 2 rings (SSSR count). The molecule has 0 bridgehead atoms. The molecule has 1 aromatic carbocycles. The molecule has 2 aromatic rings. The number of hydrogen-bond donors (Lipinski definition) is 2. The molecule has 140 valence electrons. The summed E-state index contributed by atoms with van der Waals surface area (Å²) in [5.41, 5.74) is 0.127. The highest BCUT2D eigenvalue weighted by Gasteiger charge is 2.22. The van der Waals surface area contributed by atoms with Crippen molar-refractivity contribution in [2.45, 2.75) is 32.0 Å². The molecule has 26 heavy (non-hydrogen) atoms. The lowest BCUT2D eigenvalue weighted by Crippen LogP contribution is -2.27. The monoisotopic (exact) mass is 394 g/mol. The Labute approximate surface area is 160 Å². The van der Waals surface area contributed by atoms with Gasteiger partial charge in [-0.25, -0.2) is 0 Å². The van der Waals surface area contributed by atoms with Crippen molar-refractivity contribution in [3.63, 3.8) is 0 Å². The predicted molar refractivity (Wildman–Crippen MR) is 105 cm³/mol. The van der Waals surface area contributed by atoms with Crippen LogP contribution in [-0.2, 0) is 9.59 Å². The number of benzene rings is 1. The van der Waals surface area contributed by atoms with E-state index in [2.05, 4.69) is 20.8 Å². The fraction of sp³-hybridized carbons (Fsp3) is 0.412. The van der Waals surface area contributed by atoms with Crippen molar-refractivity contribution in [2.24, 2.45) is 5.41 Å². The molecule has 0 unspecified atom stereocenters. The first-order valence-corrected chi connectivity index (χ1v) is 9.89. The lowest BCUT2D eigenvalue weighted by molar-refractivity contribution is -0.123. The molecular weight excluding hydrogens is 372 g/mol. The number of hydrogen-bond acceptors (Lipinski definition) is 7. The van der Waals surface area contributed by atoms with Crippen LogP contribution in [0.5, 0.6) is 5.75 Å². The van der Waals surface area contributed by atoms with Gasteiger partial charge in [0.1, 0.15) is 5.75 Å². The molecule has 0 aliphatic heterocycles. The van der Waals surface area contributed by atoms with Crippen LogP contribution in [0.1, 0.15) is 27.7 Å². The molecule has 0 atom stereocenters. The number of ether oxygens (including phenoxy) is 1. The Bertz CT molecular complexity index is 771. The van der Waals surface area contributed by atoms with Gasteiger partial charge in [0.05, 0.1) is 18.0 Å². The van der Waals surface area contributed by atoms with E-state index in [9.17, 15) is 9.59 Å². The Morgan fingerprint density at radius 3 is 2.62 bits per heavy atom. The van der Waals surface area contributed by atoms with Gasteiger partial charge < -0.3 is 15.4 Å². The summed E-state index contributed by atoms with van der Waals surface area (Å²) in [6, 6.07) is 7.28. The standard InChI is InChI=1S/C17H22N4O3S2/c1-5-24-12-9-7-6-8-11(12)18-13(22)10-25-16-21-20-15(26-16)19-14(23)17(2,3)4/h6-9H,5,10H2,1-4H3,(H,18,22)(H,19,20,23). The second-order valence-corrected chi connectivity index (χ2v) is 8.54. The van der Waals surface area contributed by atoms with E-state index in [1.807, 2.05) is 39.8 Å². The van der Waals surface area contributed by atoms with Crippen LogP contribution in [0.25, 0.3) is 0 Å². The van der Waals surface area contributed by atoms with Gasteiger partial charge in [0.2, 0.25) is 16.9 Å². The quantitative estimate of drug-likeness (QED) is 0.550. The first-order valence-electron chi connectivity index (χ1n) is 8.09. The van der Waals surface area contributed by atoms with Crippen LogP contribution in [0.2, 0.25) is 0 Å². The second kappa shape index (κ2) is 9.00. The number of aromatic nitrogens is 2. The summed E-state index contributed by atoms with van der Waals surface area (Å²) >= 11 is 2.50. The topological polar surface area (TPSA) is 93.2 Å². The average molecular weight is 395 g/mol. The van der Waals surface area contributed by atoms with Gasteiger partial charge in [0, 0.05) is 5.41 Å². The summed E-state index contributed by atoms with van der Waals surface area (Å²) in [6.45, 7) is 7.88. The summed E-state index contributed by atoms with van der Waals surface area (Å²) in [7, 11) is 0. The smallest absolute Gasteiger partial charge is 0.234 e. The summed E-state index contributed by atoms with van der Waals surface area (Å²) in [5.74, 6) is 0.520. The van der Waals surface area contributed by atoms with Gasteiger partial charge in [-0.3, -0.25) is 9.59 Å². The Balaban J connectivity index is 1.88. The fourth-order valence-electron chi connectivity index (χ4n) is 1.77. The van der Waals surface area contributed by atoms with Crippen LogP contribution in [0.15, 0.2) is 28.6 Å². The molecule has 7 nitrogen and oxygen atoms in total. The Kier molecular flexibility index (Phi) is 6.98. The lowest BCUT2D eigenvalue weighted by Gasteiger charge is -2.15. The zero-order chi connectivity index (χ0) is 19.2. The van der Waals surface area contributed by atoms with Gasteiger partial charge in [-0.1, -0.05) is 56.0 Å². The van der Waals surface area contributed by atoms with Crippen molar-refractivity contribution >= 4 is 45.7 Å².